The van der Waals surface area contributed by atoms with Gasteiger partial charge < -0.3 is 9.05 Å². The molecule has 3 rings (SSSR count). The number of aromatic nitrogens is 1. The van der Waals surface area contributed by atoms with Gasteiger partial charge in [-0.05, 0) is 51.1 Å². The Kier molecular flexibility index (Phi) is 7.64. The van der Waals surface area contributed by atoms with Gasteiger partial charge in [-0.15, -0.1) is 0 Å². The van der Waals surface area contributed by atoms with Crippen LogP contribution in [0.4, 0.5) is 0 Å². The number of rotatable bonds is 10. The number of nitrogens with zero attached hydrogens (tertiary/aromatic N) is 1. The largest absolute Gasteiger partial charge is 0.355 e. The molecule has 164 valence electrons. The lowest BCUT2D eigenvalue weighted by Crippen LogP contribution is -2.43. The molecule has 31 heavy (non-hydrogen) atoms. The van der Waals surface area contributed by atoms with Crippen LogP contribution in [-0.4, -0.2) is 18.2 Å². The summed E-state index contributed by atoms with van der Waals surface area (Å²) in [6.07, 6.45) is 3.22. The Balaban J connectivity index is 2.25. The summed E-state index contributed by atoms with van der Waals surface area (Å²) in [7, 11) is -7.29. The Labute approximate surface area is 184 Å². The van der Waals surface area contributed by atoms with E-state index in [1.54, 1.807) is 69.6 Å². The standard InChI is InChI=1S/C23H28N2O4P2/c1-4-28-31(27,29-5-2)23(3,20-13-12-18-24-19-20)25-30(26,21-14-8-6-9-15-21)22-16-10-7-11-17-22/h6-19H,4-5H2,1-3H3,(H,25,26)/t23-/m0/s1. The van der Waals surface area contributed by atoms with E-state index in [1.807, 2.05) is 36.4 Å². The second kappa shape index (κ2) is 10.0. The minimum absolute atomic E-state index is 0.176. The Morgan fingerprint density at radius 1 is 0.839 bits per heavy atom. The van der Waals surface area contributed by atoms with Crippen LogP contribution in [0.3, 0.4) is 0 Å². The molecule has 3 aromatic rings. The molecule has 1 N–H and O–H groups in total. The van der Waals surface area contributed by atoms with Crippen molar-refractivity contribution < 1.29 is 18.2 Å². The predicted octanol–water partition coefficient (Wildman–Crippen LogP) is 5.04. The fourth-order valence-corrected chi connectivity index (χ4v) is 8.54. The van der Waals surface area contributed by atoms with Gasteiger partial charge in [0.05, 0.1) is 13.2 Å². The SMILES string of the molecule is CCOP(=O)(OCC)[C@](C)(NP(=O)(c1ccccc1)c1ccccc1)c1cccnc1. The summed E-state index contributed by atoms with van der Waals surface area (Å²) < 4.78 is 40.3. The van der Waals surface area contributed by atoms with Crippen LogP contribution in [0.5, 0.6) is 0 Å². The van der Waals surface area contributed by atoms with E-state index in [0.717, 1.165) is 0 Å². The summed E-state index contributed by atoms with van der Waals surface area (Å²) in [5, 5.41) is 3.03. The third-order valence-electron chi connectivity index (χ3n) is 4.98. The molecule has 0 saturated heterocycles. The van der Waals surface area contributed by atoms with E-state index in [4.69, 9.17) is 9.05 Å². The third-order valence-corrected chi connectivity index (χ3v) is 10.6. The number of hydrogen-bond acceptors (Lipinski definition) is 5. The van der Waals surface area contributed by atoms with E-state index in [2.05, 4.69) is 10.1 Å². The molecule has 0 bridgehead atoms. The second-order valence-electron chi connectivity index (χ2n) is 7.04. The zero-order chi connectivity index (χ0) is 22.4. The fraction of sp³-hybridized carbons (Fsp3) is 0.261. The van der Waals surface area contributed by atoms with E-state index in [1.165, 1.54) is 0 Å². The van der Waals surface area contributed by atoms with Gasteiger partial charge in [0.1, 0.15) is 0 Å². The minimum Gasteiger partial charge on any atom is -0.307 e. The van der Waals surface area contributed by atoms with E-state index in [9.17, 15) is 9.13 Å². The lowest BCUT2D eigenvalue weighted by Gasteiger charge is -2.39. The topological polar surface area (TPSA) is 77.5 Å². The van der Waals surface area contributed by atoms with Gasteiger partial charge in [0.15, 0.2) is 5.28 Å². The highest BCUT2D eigenvalue weighted by molar-refractivity contribution is 7.77. The molecule has 0 unspecified atom stereocenters. The molecule has 2 aromatic carbocycles. The molecule has 0 radical (unpaired) electrons. The van der Waals surface area contributed by atoms with Gasteiger partial charge in [-0.3, -0.25) is 14.1 Å². The Morgan fingerprint density at radius 3 is 1.77 bits per heavy atom. The maximum Gasteiger partial charge on any atom is 0.355 e. The second-order valence-corrected chi connectivity index (χ2v) is 11.9. The van der Waals surface area contributed by atoms with Gasteiger partial charge in [-0.1, -0.05) is 42.5 Å². The summed E-state index contributed by atoms with van der Waals surface area (Å²) in [6.45, 7) is 5.56. The maximum atomic E-state index is 14.7. The van der Waals surface area contributed by atoms with Crippen LogP contribution in [0.1, 0.15) is 26.3 Å². The molecule has 0 aliphatic rings. The first-order valence-electron chi connectivity index (χ1n) is 10.2. The van der Waals surface area contributed by atoms with Crippen LogP contribution in [0.2, 0.25) is 0 Å². The first kappa shape index (κ1) is 23.6. The van der Waals surface area contributed by atoms with Crippen LogP contribution in [0.15, 0.2) is 85.2 Å². The van der Waals surface area contributed by atoms with Gasteiger partial charge in [-0.2, -0.15) is 0 Å². The molecule has 0 saturated carbocycles. The number of benzene rings is 2. The lowest BCUT2D eigenvalue weighted by molar-refractivity contribution is 0.195. The van der Waals surface area contributed by atoms with Crippen molar-refractivity contribution in [3.05, 3.63) is 90.8 Å². The van der Waals surface area contributed by atoms with Crippen molar-refractivity contribution >= 4 is 25.5 Å². The number of pyridine rings is 1. The van der Waals surface area contributed by atoms with E-state index < -0.39 is 20.2 Å². The average Bonchev–Trinajstić information content (AvgIpc) is 2.81. The van der Waals surface area contributed by atoms with Crippen molar-refractivity contribution in [3.63, 3.8) is 0 Å². The molecule has 6 nitrogen and oxygen atoms in total. The van der Waals surface area contributed by atoms with Gasteiger partial charge in [-0.25, -0.2) is 5.09 Å². The van der Waals surface area contributed by atoms with Crippen molar-refractivity contribution in [2.45, 2.75) is 26.1 Å². The van der Waals surface area contributed by atoms with Crippen molar-refractivity contribution in [1.82, 2.24) is 10.1 Å². The molecule has 0 spiro atoms. The molecule has 1 heterocycles. The summed E-state index contributed by atoms with van der Waals surface area (Å²) >= 11 is 0. The number of hydrogen-bond donors (Lipinski definition) is 1. The van der Waals surface area contributed by atoms with Crippen molar-refractivity contribution in [1.29, 1.82) is 0 Å². The summed E-state index contributed by atoms with van der Waals surface area (Å²) in [5.74, 6) is 0. The Morgan fingerprint density at radius 2 is 1.35 bits per heavy atom. The van der Waals surface area contributed by atoms with Crippen LogP contribution < -0.4 is 15.7 Å². The molecule has 1 aromatic heterocycles. The molecule has 0 aliphatic carbocycles. The van der Waals surface area contributed by atoms with Gasteiger partial charge >= 0.3 is 7.60 Å². The third kappa shape index (κ3) is 4.74. The first-order chi connectivity index (χ1) is 14.9. The summed E-state index contributed by atoms with van der Waals surface area (Å²) in [6, 6.07) is 21.8. The van der Waals surface area contributed by atoms with Crippen molar-refractivity contribution in [3.8, 4) is 0 Å². The van der Waals surface area contributed by atoms with E-state index in [-0.39, 0.29) is 13.2 Å². The highest BCUT2D eigenvalue weighted by Crippen LogP contribution is 2.66. The van der Waals surface area contributed by atoms with E-state index in [0.29, 0.717) is 16.2 Å². The number of nitrogens with one attached hydrogen (secondary N) is 1. The molecule has 0 fully saturated rings. The zero-order valence-corrected chi connectivity index (χ0v) is 19.8. The van der Waals surface area contributed by atoms with Gasteiger partial charge in [0.25, 0.3) is 0 Å². The zero-order valence-electron chi connectivity index (χ0n) is 18.0. The molecular formula is C23H28N2O4P2. The maximum absolute atomic E-state index is 14.7. The molecule has 0 amide bonds. The van der Waals surface area contributed by atoms with Crippen LogP contribution >= 0.6 is 14.9 Å². The predicted molar refractivity (Wildman–Crippen MR) is 125 cm³/mol. The molecule has 0 aliphatic heterocycles. The molecular weight excluding hydrogens is 430 g/mol. The van der Waals surface area contributed by atoms with Crippen molar-refractivity contribution in [2.75, 3.05) is 13.2 Å². The van der Waals surface area contributed by atoms with Crippen LogP contribution in [0.25, 0.3) is 0 Å². The lowest BCUT2D eigenvalue weighted by atomic mass is 10.1. The highest BCUT2D eigenvalue weighted by atomic mass is 31.2. The normalized spacial score (nSPS) is 14.2. The fourth-order valence-electron chi connectivity index (χ4n) is 3.43. The minimum atomic E-state index is -3.82. The first-order valence-corrected chi connectivity index (χ1v) is 13.4. The summed E-state index contributed by atoms with van der Waals surface area (Å²) in [5.41, 5.74) is 0.562. The van der Waals surface area contributed by atoms with Crippen LogP contribution in [0, 0.1) is 0 Å². The Bertz CT molecular complexity index is 1010. The quantitative estimate of drug-likeness (QED) is 0.429. The van der Waals surface area contributed by atoms with Gasteiger partial charge in [0.2, 0.25) is 7.29 Å². The smallest absolute Gasteiger partial charge is 0.307 e. The van der Waals surface area contributed by atoms with Gasteiger partial charge in [0, 0.05) is 28.6 Å². The molecule has 1 atom stereocenters. The monoisotopic (exact) mass is 458 g/mol. The highest BCUT2D eigenvalue weighted by Gasteiger charge is 2.52. The van der Waals surface area contributed by atoms with E-state index >= 15 is 0 Å². The summed E-state index contributed by atoms with van der Waals surface area (Å²) in [4.78, 5) is 4.20. The van der Waals surface area contributed by atoms with Crippen molar-refractivity contribution in [2.24, 2.45) is 0 Å². The van der Waals surface area contributed by atoms with Crippen LogP contribution in [-0.2, 0) is 23.5 Å². The average molecular weight is 458 g/mol. The molecule has 8 heteroatoms. The Hall–Kier alpha value is -2.07.